The fourth-order valence-corrected chi connectivity index (χ4v) is 1.62. The van der Waals surface area contributed by atoms with Crippen LogP contribution < -0.4 is 5.32 Å². The van der Waals surface area contributed by atoms with Gasteiger partial charge in [0.15, 0.2) is 0 Å². The van der Waals surface area contributed by atoms with Crippen LogP contribution in [-0.4, -0.2) is 50.3 Å². The minimum atomic E-state index is 0.773. The highest BCUT2D eigenvalue weighted by atomic mass is 79.9. The number of rotatable bonds is 7. The Morgan fingerprint density at radius 2 is 2.25 bits per heavy atom. The lowest BCUT2D eigenvalue weighted by Gasteiger charge is -2.16. The molecule has 5 heteroatoms. The van der Waals surface area contributed by atoms with Gasteiger partial charge in [0.25, 0.3) is 0 Å². The fourth-order valence-electron chi connectivity index (χ4n) is 1.26. The van der Waals surface area contributed by atoms with Crippen LogP contribution in [-0.2, 0) is 4.74 Å². The Bertz CT molecular complexity index is 309. The number of halogens is 1. The molecule has 0 amide bonds. The molecule has 16 heavy (non-hydrogen) atoms. The molecule has 0 aliphatic rings. The molecule has 0 aliphatic carbocycles. The van der Waals surface area contributed by atoms with E-state index in [9.17, 15) is 0 Å². The van der Waals surface area contributed by atoms with E-state index in [1.165, 1.54) is 0 Å². The van der Waals surface area contributed by atoms with Crippen molar-refractivity contribution in [1.82, 2.24) is 9.88 Å². The number of ether oxygens (including phenoxy) is 1. The maximum Gasteiger partial charge on any atom is 0.0589 e. The molecule has 0 spiro atoms. The third kappa shape index (κ3) is 5.44. The molecule has 0 saturated carbocycles. The predicted molar refractivity (Wildman–Crippen MR) is 69.8 cm³/mol. The van der Waals surface area contributed by atoms with E-state index >= 15 is 0 Å². The van der Waals surface area contributed by atoms with E-state index in [1.54, 1.807) is 13.3 Å². The van der Waals surface area contributed by atoms with E-state index in [0.29, 0.717) is 0 Å². The van der Waals surface area contributed by atoms with Crippen LogP contribution >= 0.6 is 15.9 Å². The first-order chi connectivity index (χ1) is 7.72. The normalized spacial score (nSPS) is 10.8. The summed E-state index contributed by atoms with van der Waals surface area (Å²) in [4.78, 5) is 6.31. The summed E-state index contributed by atoms with van der Waals surface area (Å²) in [6.07, 6.45) is 3.59. The second-order valence-electron chi connectivity index (χ2n) is 3.61. The second-order valence-corrected chi connectivity index (χ2v) is 4.53. The SMILES string of the molecule is COCCN(C)CCNc1cncc(Br)c1. The number of nitrogens with one attached hydrogen (secondary N) is 1. The van der Waals surface area contributed by atoms with E-state index in [-0.39, 0.29) is 0 Å². The lowest BCUT2D eigenvalue weighted by molar-refractivity contribution is 0.163. The molecule has 0 aromatic carbocycles. The Hall–Kier alpha value is -0.650. The van der Waals surface area contributed by atoms with Crippen molar-refractivity contribution in [3.8, 4) is 0 Å². The summed E-state index contributed by atoms with van der Waals surface area (Å²) >= 11 is 3.39. The van der Waals surface area contributed by atoms with Crippen molar-refractivity contribution in [3.05, 3.63) is 22.9 Å². The summed E-state index contributed by atoms with van der Waals surface area (Å²) in [5.41, 5.74) is 1.04. The molecule has 0 unspecified atom stereocenters. The minimum absolute atomic E-state index is 0.773. The number of nitrogens with zero attached hydrogens (tertiary/aromatic N) is 2. The molecule has 1 N–H and O–H groups in total. The highest BCUT2D eigenvalue weighted by Crippen LogP contribution is 2.12. The highest BCUT2D eigenvalue weighted by Gasteiger charge is 1.98. The number of methoxy groups -OCH3 is 1. The van der Waals surface area contributed by atoms with E-state index < -0.39 is 0 Å². The number of likely N-dealkylation sites (N-methyl/N-ethyl adjacent to an activating group) is 1. The monoisotopic (exact) mass is 287 g/mol. The molecule has 1 heterocycles. The highest BCUT2D eigenvalue weighted by molar-refractivity contribution is 9.10. The van der Waals surface area contributed by atoms with Crippen molar-refractivity contribution in [2.24, 2.45) is 0 Å². The summed E-state index contributed by atoms with van der Waals surface area (Å²) < 4.78 is 6.01. The van der Waals surface area contributed by atoms with Gasteiger partial charge in [0.2, 0.25) is 0 Å². The first-order valence-electron chi connectivity index (χ1n) is 5.24. The summed E-state index contributed by atoms with van der Waals surface area (Å²) in [6.45, 7) is 3.61. The van der Waals surface area contributed by atoms with Crippen LogP contribution in [0.5, 0.6) is 0 Å². The summed E-state index contributed by atoms with van der Waals surface area (Å²) in [7, 11) is 3.80. The van der Waals surface area contributed by atoms with Gasteiger partial charge in [-0.1, -0.05) is 0 Å². The Balaban J connectivity index is 2.20. The Morgan fingerprint density at radius 1 is 1.44 bits per heavy atom. The number of hydrogen-bond donors (Lipinski definition) is 1. The van der Waals surface area contributed by atoms with E-state index in [1.807, 2.05) is 12.3 Å². The van der Waals surface area contributed by atoms with Crippen molar-refractivity contribution < 1.29 is 4.74 Å². The van der Waals surface area contributed by atoms with Gasteiger partial charge in [-0.2, -0.15) is 0 Å². The zero-order chi connectivity index (χ0) is 11.8. The smallest absolute Gasteiger partial charge is 0.0589 e. The first-order valence-corrected chi connectivity index (χ1v) is 6.03. The van der Waals surface area contributed by atoms with Gasteiger partial charge < -0.3 is 15.0 Å². The van der Waals surface area contributed by atoms with Crippen molar-refractivity contribution >= 4 is 21.6 Å². The predicted octanol–water partition coefficient (Wildman–Crippen LogP) is 1.83. The van der Waals surface area contributed by atoms with Gasteiger partial charge in [0.05, 0.1) is 18.5 Å². The third-order valence-electron chi connectivity index (χ3n) is 2.20. The molecular formula is C11H18BrN3O. The lowest BCUT2D eigenvalue weighted by atomic mass is 10.4. The van der Waals surface area contributed by atoms with Gasteiger partial charge in [-0.15, -0.1) is 0 Å². The number of anilines is 1. The number of pyridine rings is 1. The van der Waals surface area contributed by atoms with Crippen molar-refractivity contribution in [1.29, 1.82) is 0 Å². The Morgan fingerprint density at radius 3 is 2.94 bits per heavy atom. The zero-order valence-electron chi connectivity index (χ0n) is 9.74. The molecule has 0 aliphatic heterocycles. The van der Waals surface area contributed by atoms with Crippen LogP contribution in [0.3, 0.4) is 0 Å². The molecule has 90 valence electrons. The molecule has 0 bridgehead atoms. The van der Waals surface area contributed by atoms with Crippen LogP contribution in [0, 0.1) is 0 Å². The topological polar surface area (TPSA) is 37.4 Å². The van der Waals surface area contributed by atoms with Gasteiger partial charge in [-0.3, -0.25) is 4.98 Å². The minimum Gasteiger partial charge on any atom is -0.383 e. The quantitative estimate of drug-likeness (QED) is 0.830. The number of aromatic nitrogens is 1. The maximum atomic E-state index is 5.01. The largest absolute Gasteiger partial charge is 0.383 e. The molecule has 0 fully saturated rings. The standard InChI is InChI=1S/C11H18BrN3O/c1-15(5-6-16-2)4-3-14-11-7-10(12)8-13-9-11/h7-9,14H,3-6H2,1-2H3. The van der Waals surface area contributed by atoms with Crippen LogP contribution in [0.1, 0.15) is 0 Å². The summed E-state index contributed by atoms with van der Waals surface area (Å²) in [5.74, 6) is 0. The molecule has 1 aromatic rings. The third-order valence-corrected chi connectivity index (χ3v) is 2.64. The van der Waals surface area contributed by atoms with Crippen LogP contribution in [0.15, 0.2) is 22.9 Å². The molecule has 1 rings (SSSR count). The lowest BCUT2D eigenvalue weighted by Crippen LogP contribution is -2.28. The van der Waals surface area contributed by atoms with Crippen molar-refractivity contribution in [2.75, 3.05) is 45.7 Å². The van der Waals surface area contributed by atoms with Gasteiger partial charge in [-0.25, -0.2) is 0 Å². The van der Waals surface area contributed by atoms with Crippen LogP contribution in [0.25, 0.3) is 0 Å². The van der Waals surface area contributed by atoms with Crippen molar-refractivity contribution in [3.63, 3.8) is 0 Å². The van der Waals surface area contributed by atoms with Crippen LogP contribution in [0.2, 0.25) is 0 Å². The van der Waals surface area contributed by atoms with Crippen molar-refractivity contribution in [2.45, 2.75) is 0 Å². The van der Waals surface area contributed by atoms with E-state index in [4.69, 9.17) is 4.74 Å². The number of hydrogen-bond acceptors (Lipinski definition) is 4. The Kier molecular flexibility index (Phi) is 6.37. The first kappa shape index (κ1) is 13.4. The molecule has 4 nitrogen and oxygen atoms in total. The average Bonchev–Trinajstić information content (AvgIpc) is 2.26. The molecule has 1 aromatic heterocycles. The Labute approximate surface area is 105 Å². The molecule has 0 atom stereocenters. The average molecular weight is 288 g/mol. The van der Waals surface area contributed by atoms with Gasteiger partial charge in [0.1, 0.15) is 0 Å². The van der Waals surface area contributed by atoms with Gasteiger partial charge in [0, 0.05) is 37.4 Å². The molecule has 0 radical (unpaired) electrons. The van der Waals surface area contributed by atoms with E-state index in [0.717, 1.165) is 36.4 Å². The van der Waals surface area contributed by atoms with E-state index in [2.05, 4.69) is 38.2 Å². The van der Waals surface area contributed by atoms with Gasteiger partial charge in [-0.05, 0) is 29.0 Å². The second kappa shape index (κ2) is 7.60. The van der Waals surface area contributed by atoms with Gasteiger partial charge >= 0.3 is 0 Å². The zero-order valence-corrected chi connectivity index (χ0v) is 11.3. The molecule has 0 saturated heterocycles. The molecular weight excluding hydrogens is 270 g/mol. The van der Waals surface area contributed by atoms with Crippen LogP contribution in [0.4, 0.5) is 5.69 Å². The summed E-state index contributed by atoms with van der Waals surface area (Å²) in [5, 5.41) is 3.32. The maximum absolute atomic E-state index is 5.01. The summed E-state index contributed by atoms with van der Waals surface area (Å²) in [6, 6.07) is 2.02. The fraction of sp³-hybridized carbons (Fsp3) is 0.545.